The summed E-state index contributed by atoms with van der Waals surface area (Å²) in [5.41, 5.74) is 0.730. The first-order chi connectivity index (χ1) is 7.20. The molecular formula is C13H17NO. The molecule has 2 heteroatoms. The third-order valence-corrected chi connectivity index (χ3v) is 2.46. The molecule has 2 nitrogen and oxygen atoms in total. The molecule has 15 heavy (non-hydrogen) atoms. The molecule has 0 fully saturated rings. The summed E-state index contributed by atoms with van der Waals surface area (Å²) in [5, 5.41) is 0. The van der Waals surface area contributed by atoms with Gasteiger partial charge in [0, 0.05) is 18.2 Å². The van der Waals surface area contributed by atoms with Gasteiger partial charge >= 0.3 is 0 Å². The van der Waals surface area contributed by atoms with Gasteiger partial charge in [0.25, 0.3) is 5.91 Å². The van der Waals surface area contributed by atoms with Crippen LogP contribution in [-0.4, -0.2) is 23.4 Å². The Labute approximate surface area is 91.2 Å². The minimum Gasteiger partial charge on any atom is -0.333 e. The van der Waals surface area contributed by atoms with Crippen molar-refractivity contribution in [3.05, 3.63) is 48.6 Å². The summed E-state index contributed by atoms with van der Waals surface area (Å²) in [7, 11) is 0. The Morgan fingerprint density at radius 3 is 2.53 bits per heavy atom. The van der Waals surface area contributed by atoms with Gasteiger partial charge in [-0.1, -0.05) is 24.3 Å². The maximum Gasteiger partial charge on any atom is 0.254 e. The van der Waals surface area contributed by atoms with Crippen molar-refractivity contribution in [2.24, 2.45) is 0 Å². The third kappa shape index (κ3) is 2.69. The highest BCUT2D eigenvalue weighted by atomic mass is 16.2. The molecule has 0 aliphatic heterocycles. The molecule has 80 valence electrons. The molecule has 0 spiro atoms. The fourth-order valence-corrected chi connectivity index (χ4v) is 1.49. The first-order valence-corrected chi connectivity index (χ1v) is 5.19. The van der Waals surface area contributed by atoms with E-state index in [1.54, 1.807) is 11.0 Å². The molecule has 1 rings (SSSR count). The van der Waals surface area contributed by atoms with Crippen LogP contribution in [0.3, 0.4) is 0 Å². The monoisotopic (exact) mass is 203 g/mol. The van der Waals surface area contributed by atoms with Crippen LogP contribution in [0, 0.1) is 0 Å². The summed E-state index contributed by atoms with van der Waals surface area (Å²) in [5.74, 6) is 0.0606. The zero-order valence-corrected chi connectivity index (χ0v) is 9.31. The van der Waals surface area contributed by atoms with E-state index in [-0.39, 0.29) is 11.9 Å². The van der Waals surface area contributed by atoms with Gasteiger partial charge in [0.1, 0.15) is 0 Å². The minimum absolute atomic E-state index is 0.0606. The van der Waals surface area contributed by atoms with Gasteiger partial charge < -0.3 is 4.90 Å². The van der Waals surface area contributed by atoms with Gasteiger partial charge in [-0.3, -0.25) is 4.79 Å². The molecule has 0 heterocycles. The van der Waals surface area contributed by atoms with E-state index in [2.05, 4.69) is 6.58 Å². The molecule has 1 atom stereocenters. The Bertz CT molecular complexity index is 332. The van der Waals surface area contributed by atoms with Gasteiger partial charge in [0.2, 0.25) is 0 Å². The van der Waals surface area contributed by atoms with Gasteiger partial charge in [0.05, 0.1) is 0 Å². The van der Waals surface area contributed by atoms with Crippen LogP contribution in [0.15, 0.2) is 43.0 Å². The van der Waals surface area contributed by atoms with Crippen LogP contribution in [0.2, 0.25) is 0 Å². The van der Waals surface area contributed by atoms with Crippen LogP contribution in [0.25, 0.3) is 0 Å². The summed E-state index contributed by atoms with van der Waals surface area (Å²) >= 11 is 0. The second kappa shape index (κ2) is 5.35. The highest BCUT2D eigenvalue weighted by molar-refractivity contribution is 5.94. The van der Waals surface area contributed by atoms with Crippen molar-refractivity contribution in [1.82, 2.24) is 4.90 Å². The molecule has 0 bridgehead atoms. The van der Waals surface area contributed by atoms with Gasteiger partial charge in [-0.05, 0) is 26.0 Å². The number of nitrogens with zero attached hydrogens (tertiary/aromatic N) is 1. The lowest BCUT2D eigenvalue weighted by atomic mass is 10.1. The summed E-state index contributed by atoms with van der Waals surface area (Å²) in [6.45, 7) is 8.35. The van der Waals surface area contributed by atoms with Crippen molar-refractivity contribution in [3.63, 3.8) is 0 Å². The lowest BCUT2D eigenvalue weighted by molar-refractivity contribution is 0.0734. The van der Waals surface area contributed by atoms with Crippen molar-refractivity contribution in [2.45, 2.75) is 19.9 Å². The lowest BCUT2D eigenvalue weighted by Crippen LogP contribution is -2.37. The first kappa shape index (κ1) is 11.5. The number of rotatable bonds is 4. The van der Waals surface area contributed by atoms with Crippen LogP contribution in [0.5, 0.6) is 0 Å². The van der Waals surface area contributed by atoms with Gasteiger partial charge in [-0.25, -0.2) is 0 Å². The number of hydrogen-bond acceptors (Lipinski definition) is 1. The molecule has 0 aliphatic carbocycles. The average Bonchev–Trinajstić information content (AvgIpc) is 2.30. The van der Waals surface area contributed by atoms with Crippen LogP contribution in [0.1, 0.15) is 24.2 Å². The number of likely N-dealkylation sites (N-methyl/N-ethyl adjacent to an activating group) is 1. The van der Waals surface area contributed by atoms with Gasteiger partial charge in [0.15, 0.2) is 0 Å². The van der Waals surface area contributed by atoms with E-state index in [0.29, 0.717) is 6.54 Å². The summed E-state index contributed by atoms with van der Waals surface area (Å²) < 4.78 is 0. The molecule has 0 saturated heterocycles. The summed E-state index contributed by atoms with van der Waals surface area (Å²) in [6.07, 6.45) is 1.78. The Balaban J connectivity index is 2.87. The second-order valence-electron chi connectivity index (χ2n) is 3.43. The molecule has 1 unspecified atom stereocenters. The van der Waals surface area contributed by atoms with Crippen molar-refractivity contribution < 1.29 is 4.79 Å². The fourth-order valence-electron chi connectivity index (χ4n) is 1.49. The Morgan fingerprint density at radius 1 is 1.47 bits per heavy atom. The molecule has 0 aliphatic rings. The zero-order chi connectivity index (χ0) is 11.3. The quantitative estimate of drug-likeness (QED) is 0.689. The van der Waals surface area contributed by atoms with Crippen LogP contribution in [0.4, 0.5) is 0 Å². The molecule has 0 N–H and O–H groups in total. The van der Waals surface area contributed by atoms with Crippen molar-refractivity contribution in [3.8, 4) is 0 Å². The van der Waals surface area contributed by atoms with Crippen molar-refractivity contribution in [2.75, 3.05) is 6.54 Å². The molecular weight excluding hydrogens is 186 g/mol. The predicted octanol–water partition coefficient (Wildman–Crippen LogP) is 2.72. The Morgan fingerprint density at radius 2 is 2.07 bits per heavy atom. The molecule has 1 aromatic rings. The standard InChI is InChI=1S/C13H17NO/c1-4-11(3)14(5-2)13(15)12-9-7-6-8-10-12/h4,6-11H,1,5H2,2-3H3. The van der Waals surface area contributed by atoms with E-state index in [4.69, 9.17) is 0 Å². The number of hydrogen-bond donors (Lipinski definition) is 0. The van der Waals surface area contributed by atoms with Gasteiger partial charge in [-0.15, -0.1) is 6.58 Å². The topological polar surface area (TPSA) is 20.3 Å². The predicted molar refractivity (Wildman–Crippen MR) is 62.8 cm³/mol. The fraction of sp³-hybridized carbons (Fsp3) is 0.308. The highest BCUT2D eigenvalue weighted by Gasteiger charge is 2.16. The van der Waals surface area contributed by atoms with Crippen LogP contribution >= 0.6 is 0 Å². The largest absolute Gasteiger partial charge is 0.333 e. The number of carbonyl (C=O) groups excluding carboxylic acids is 1. The normalized spacial score (nSPS) is 11.9. The molecule has 0 aromatic heterocycles. The maximum absolute atomic E-state index is 12.1. The zero-order valence-electron chi connectivity index (χ0n) is 9.31. The van der Waals surface area contributed by atoms with Crippen LogP contribution in [-0.2, 0) is 0 Å². The SMILES string of the molecule is C=CC(C)N(CC)C(=O)c1ccccc1. The van der Waals surface area contributed by atoms with E-state index >= 15 is 0 Å². The molecule has 0 saturated carbocycles. The summed E-state index contributed by atoms with van der Waals surface area (Å²) in [6, 6.07) is 9.40. The van der Waals surface area contributed by atoms with E-state index in [1.807, 2.05) is 44.2 Å². The second-order valence-corrected chi connectivity index (χ2v) is 3.43. The number of carbonyl (C=O) groups is 1. The van der Waals surface area contributed by atoms with E-state index < -0.39 is 0 Å². The van der Waals surface area contributed by atoms with Gasteiger partial charge in [-0.2, -0.15) is 0 Å². The highest BCUT2D eigenvalue weighted by Crippen LogP contribution is 2.08. The van der Waals surface area contributed by atoms with Crippen molar-refractivity contribution >= 4 is 5.91 Å². The van der Waals surface area contributed by atoms with Crippen LogP contribution < -0.4 is 0 Å². The van der Waals surface area contributed by atoms with E-state index in [1.165, 1.54) is 0 Å². The van der Waals surface area contributed by atoms with Crippen molar-refractivity contribution in [1.29, 1.82) is 0 Å². The van der Waals surface area contributed by atoms with E-state index in [0.717, 1.165) is 5.56 Å². The third-order valence-electron chi connectivity index (χ3n) is 2.46. The molecule has 1 amide bonds. The molecule has 1 aromatic carbocycles. The number of benzene rings is 1. The Kier molecular flexibility index (Phi) is 4.10. The smallest absolute Gasteiger partial charge is 0.254 e. The molecule has 0 radical (unpaired) electrons. The number of amides is 1. The summed E-state index contributed by atoms with van der Waals surface area (Å²) in [4.78, 5) is 13.8. The first-order valence-electron chi connectivity index (χ1n) is 5.19. The maximum atomic E-state index is 12.1. The van der Waals surface area contributed by atoms with E-state index in [9.17, 15) is 4.79 Å². The lowest BCUT2D eigenvalue weighted by Gasteiger charge is -2.25. The minimum atomic E-state index is 0.0606. The average molecular weight is 203 g/mol. The Hall–Kier alpha value is -1.57.